The normalized spacial score (nSPS) is 16.2. The maximum atomic E-state index is 12.1. The minimum absolute atomic E-state index is 0.138. The van der Waals surface area contributed by atoms with Crippen molar-refractivity contribution in [3.63, 3.8) is 0 Å². The number of carbonyl (C=O) groups excluding carboxylic acids is 3. The highest BCUT2D eigenvalue weighted by molar-refractivity contribution is 5.98. The summed E-state index contributed by atoms with van der Waals surface area (Å²) in [7, 11) is 1.71. The van der Waals surface area contributed by atoms with E-state index in [0.717, 1.165) is 4.90 Å². The molecule has 0 bridgehead atoms. The molecule has 1 aliphatic rings. The first-order valence-electron chi connectivity index (χ1n) is 7.08. The first kappa shape index (κ1) is 17.5. The molecule has 0 aromatic heterocycles. The van der Waals surface area contributed by atoms with E-state index in [1.165, 1.54) is 6.08 Å². The number of likely N-dealkylation sites (N-methyl/N-ethyl adjacent to an activating group) is 1. The molecule has 0 aromatic carbocycles. The van der Waals surface area contributed by atoms with E-state index >= 15 is 0 Å². The predicted octanol–water partition coefficient (Wildman–Crippen LogP) is 0.280. The second kappa shape index (κ2) is 8.66. The van der Waals surface area contributed by atoms with Crippen LogP contribution < -0.4 is 16.0 Å². The number of imide groups is 1. The van der Waals surface area contributed by atoms with E-state index in [4.69, 9.17) is 0 Å². The van der Waals surface area contributed by atoms with Crippen molar-refractivity contribution in [1.29, 1.82) is 0 Å². The molecule has 7 nitrogen and oxygen atoms in total. The molecule has 0 spiro atoms. The Balaban J connectivity index is 2.63. The van der Waals surface area contributed by atoms with Gasteiger partial charge in [0.1, 0.15) is 0 Å². The van der Waals surface area contributed by atoms with Gasteiger partial charge < -0.3 is 16.0 Å². The van der Waals surface area contributed by atoms with Gasteiger partial charge in [-0.3, -0.25) is 14.5 Å². The van der Waals surface area contributed by atoms with Crippen molar-refractivity contribution in [2.75, 3.05) is 26.7 Å². The number of amides is 4. The average Bonchev–Trinajstić information content (AvgIpc) is 2.50. The Labute approximate surface area is 130 Å². The van der Waals surface area contributed by atoms with Crippen molar-refractivity contribution < 1.29 is 14.4 Å². The van der Waals surface area contributed by atoms with E-state index in [9.17, 15) is 14.4 Å². The molecule has 0 atom stereocenters. The van der Waals surface area contributed by atoms with Crippen LogP contribution in [-0.2, 0) is 9.59 Å². The van der Waals surface area contributed by atoms with Gasteiger partial charge in [0.2, 0.25) is 5.91 Å². The van der Waals surface area contributed by atoms with Crippen LogP contribution in [0.2, 0.25) is 0 Å². The second-order valence-corrected chi connectivity index (χ2v) is 4.56. The Kier molecular flexibility index (Phi) is 6.88. The Morgan fingerprint density at radius 2 is 2.18 bits per heavy atom. The monoisotopic (exact) mass is 306 g/mol. The molecule has 0 saturated carbocycles. The van der Waals surface area contributed by atoms with E-state index in [1.54, 1.807) is 19.2 Å². The number of carbonyl (C=O) groups is 3. The zero-order chi connectivity index (χ0) is 16.5. The summed E-state index contributed by atoms with van der Waals surface area (Å²) in [6, 6.07) is -0.421. The SMILES string of the molecule is C=C/C(C(=O)NCCN1C(=O)CCNC1=O)=C(\C=C/C)NC. The molecular weight excluding hydrogens is 284 g/mol. The van der Waals surface area contributed by atoms with Crippen LogP contribution >= 0.6 is 0 Å². The summed E-state index contributed by atoms with van der Waals surface area (Å²) in [6.45, 7) is 6.16. The molecule has 1 aliphatic heterocycles. The average molecular weight is 306 g/mol. The summed E-state index contributed by atoms with van der Waals surface area (Å²) < 4.78 is 0. The van der Waals surface area contributed by atoms with Crippen molar-refractivity contribution in [2.45, 2.75) is 13.3 Å². The molecule has 1 saturated heterocycles. The van der Waals surface area contributed by atoms with Gasteiger partial charge in [-0.2, -0.15) is 0 Å². The minimum Gasteiger partial charge on any atom is -0.387 e. The maximum Gasteiger partial charge on any atom is 0.324 e. The largest absolute Gasteiger partial charge is 0.387 e. The van der Waals surface area contributed by atoms with Gasteiger partial charge in [0.15, 0.2) is 0 Å². The number of nitrogens with zero attached hydrogens (tertiary/aromatic N) is 1. The highest BCUT2D eigenvalue weighted by atomic mass is 16.2. The highest BCUT2D eigenvalue weighted by Crippen LogP contribution is 2.05. The van der Waals surface area contributed by atoms with Crippen molar-refractivity contribution in [3.8, 4) is 0 Å². The smallest absolute Gasteiger partial charge is 0.324 e. The fourth-order valence-electron chi connectivity index (χ4n) is 2.02. The van der Waals surface area contributed by atoms with E-state index in [1.807, 2.05) is 6.92 Å². The molecule has 0 radical (unpaired) electrons. The van der Waals surface area contributed by atoms with Gasteiger partial charge in [-0.05, 0) is 13.0 Å². The van der Waals surface area contributed by atoms with Gasteiger partial charge >= 0.3 is 6.03 Å². The van der Waals surface area contributed by atoms with Crippen LogP contribution in [0.15, 0.2) is 36.1 Å². The highest BCUT2D eigenvalue weighted by Gasteiger charge is 2.25. The molecular formula is C15H22N4O3. The molecule has 120 valence electrons. The topological polar surface area (TPSA) is 90.5 Å². The number of nitrogens with one attached hydrogen (secondary N) is 3. The molecule has 22 heavy (non-hydrogen) atoms. The van der Waals surface area contributed by atoms with Crippen molar-refractivity contribution in [2.24, 2.45) is 0 Å². The van der Waals surface area contributed by atoms with E-state index < -0.39 is 6.03 Å². The summed E-state index contributed by atoms with van der Waals surface area (Å²) in [4.78, 5) is 36.4. The van der Waals surface area contributed by atoms with Crippen LogP contribution in [0.1, 0.15) is 13.3 Å². The van der Waals surface area contributed by atoms with Gasteiger partial charge in [0.25, 0.3) is 5.91 Å². The fraction of sp³-hybridized carbons (Fsp3) is 0.400. The van der Waals surface area contributed by atoms with Gasteiger partial charge in [-0.15, -0.1) is 0 Å². The number of urea groups is 1. The zero-order valence-electron chi connectivity index (χ0n) is 12.9. The first-order chi connectivity index (χ1) is 10.5. The molecule has 1 heterocycles. The lowest BCUT2D eigenvalue weighted by atomic mass is 10.1. The molecule has 0 aliphatic carbocycles. The zero-order valence-corrected chi connectivity index (χ0v) is 12.9. The summed E-state index contributed by atoms with van der Waals surface area (Å²) in [6.07, 6.45) is 5.31. The number of rotatable bonds is 7. The summed E-state index contributed by atoms with van der Waals surface area (Å²) >= 11 is 0. The van der Waals surface area contributed by atoms with Gasteiger partial charge in [0.05, 0.1) is 5.57 Å². The standard InChI is InChI=1S/C15H22N4O3/c1-4-6-12(16-3)11(5-2)14(21)17-9-10-19-13(20)7-8-18-15(19)22/h4-6,16H,2,7-10H2,1,3H3,(H,17,21)(H,18,22)/b6-4-,12-11-. The van der Waals surface area contributed by atoms with Crippen LogP contribution in [0.3, 0.4) is 0 Å². The van der Waals surface area contributed by atoms with Crippen LogP contribution in [0.4, 0.5) is 4.79 Å². The Morgan fingerprint density at radius 1 is 1.45 bits per heavy atom. The first-order valence-corrected chi connectivity index (χ1v) is 7.08. The summed E-state index contributed by atoms with van der Waals surface area (Å²) in [5.41, 5.74) is 1.04. The Morgan fingerprint density at radius 3 is 2.73 bits per heavy atom. The van der Waals surface area contributed by atoms with Crippen LogP contribution in [-0.4, -0.2) is 49.4 Å². The molecule has 4 amide bonds. The van der Waals surface area contributed by atoms with Crippen molar-refractivity contribution in [1.82, 2.24) is 20.9 Å². The summed E-state index contributed by atoms with van der Waals surface area (Å²) in [5, 5.41) is 8.19. The quantitative estimate of drug-likeness (QED) is 0.465. The van der Waals surface area contributed by atoms with Crippen LogP contribution in [0.5, 0.6) is 0 Å². The van der Waals surface area contributed by atoms with Gasteiger partial charge in [0, 0.05) is 38.8 Å². The third-order valence-electron chi connectivity index (χ3n) is 3.12. The minimum atomic E-state index is -0.421. The van der Waals surface area contributed by atoms with E-state index in [-0.39, 0.29) is 31.3 Å². The van der Waals surface area contributed by atoms with Crippen LogP contribution in [0.25, 0.3) is 0 Å². The lowest BCUT2D eigenvalue weighted by Gasteiger charge is -2.25. The molecule has 3 N–H and O–H groups in total. The number of allylic oxidation sites excluding steroid dienone is 2. The molecule has 0 unspecified atom stereocenters. The Bertz CT molecular complexity index is 507. The van der Waals surface area contributed by atoms with Crippen LogP contribution in [0, 0.1) is 0 Å². The summed E-state index contributed by atoms with van der Waals surface area (Å²) in [5.74, 6) is -0.551. The maximum absolute atomic E-state index is 12.1. The predicted molar refractivity (Wildman–Crippen MR) is 83.8 cm³/mol. The molecule has 7 heteroatoms. The molecule has 1 rings (SSSR count). The van der Waals surface area contributed by atoms with E-state index in [0.29, 0.717) is 17.8 Å². The number of hydrogen-bond acceptors (Lipinski definition) is 4. The third-order valence-corrected chi connectivity index (χ3v) is 3.12. The van der Waals surface area contributed by atoms with Gasteiger partial charge in [-0.25, -0.2) is 4.79 Å². The molecule has 1 fully saturated rings. The fourth-order valence-corrected chi connectivity index (χ4v) is 2.02. The second-order valence-electron chi connectivity index (χ2n) is 4.56. The third kappa shape index (κ3) is 4.47. The van der Waals surface area contributed by atoms with Gasteiger partial charge in [-0.1, -0.05) is 18.7 Å². The van der Waals surface area contributed by atoms with Crippen molar-refractivity contribution >= 4 is 17.8 Å². The van der Waals surface area contributed by atoms with E-state index in [2.05, 4.69) is 22.5 Å². The Hall–Kier alpha value is -2.57. The molecule has 0 aromatic rings. The lowest BCUT2D eigenvalue weighted by molar-refractivity contribution is -0.129. The number of hydrogen-bond donors (Lipinski definition) is 3. The van der Waals surface area contributed by atoms with Crippen molar-refractivity contribution in [3.05, 3.63) is 36.1 Å². The lowest BCUT2D eigenvalue weighted by Crippen LogP contribution is -2.52.